The van der Waals surface area contributed by atoms with Gasteiger partial charge in [-0.05, 0) is 31.0 Å². The number of methoxy groups -OCH3 is 1. The van der Waals surface area contributed by atoms with Crippen molar-refractivity contribution in [3.05, 3.63) is 59.7 Å². The van der Waals surface area contributed by atoms with Crippen LogP contribution in [0.25, 0.3) is 0 Å². The number of fused-ring (bicyclic) bond motifs is 1. The molecule has 0 fully saturated rings. The molecule has 0 aromatic heterocycles. The van der Waals surface area contributed by atoms with Gasteiger partial charge in [0.1, 0.15) is 5.75 Å². The van der Waals surface area contributed by atoms with E-state index in [0.29, 0.717) is 13.2 Å². The standard InChI is InChI=1S/C20H22BrNO3/c1-20(16-7-4-3-5-8-16)19(23)22(11-6-12-24-2)17-13-15(14-21)9-10-18(17)25-20/h3-5,7-10,13H,6,11-12,14H2,1-2H3. The maximum atomic E-state index is 13.4. The van der Waals surface area contributed by atoms with Crippen molar-refractivity contribution in [2.24, 2.45) is 0 Å². The van der Waals surface area contributed by atoms with E-state index in [2.05, 4.69) is 15.9 Å². The van der Waals surface area contributed by atoms with Gasteiger partial charge in [0.25, 0.3) is 5.91 Å². The first-order chi connectivity index (χ1) is 12.1. The lowest BCUT2D eigenvalue weighted by Gasteiger charge is -2.41. The van der Waals surface area contributed by atoms with Crippen LogP contribution in [-0.2, 0) is 20.5 Å². The van der Waals surface area contributed by atoms with Gasteiger partial charge in [-0.15, -0.1) is 0 Å². The first-order valence-electron chi connectivity index (χ1n) is 8.34. The Morgan fingerprint density at radius 3 is 2.64 bits per heavy atom. The Balaban J connectivity index is 2.04. The summed E-state index contributed by atoms with van der Waals surface area (Å²) in [5, 5.41) is 0.732. The number of nitrogens with zero attached hydrogens (tertiary/aromatic N) is 1. The average molecular weight is 404 g/mol. The second-order valence-corrected chi connectivity index (χ2v) is 6.80. The van der Waals surface area contributed by atoms with Gasteiger partial charge in [0.15, 0.2) is 0 Å². The molecular weight excluding hydrogens is 382 g/mol. The molecule has 3 rings (SSSR count). The van der Waals surface area contributed by atoms with Crippen molar-refractivity contribution in [1.82, 2.24) is 0 Å². The monoisotopic (exact) mass is 403 g/mol. The quantitative estimate of drug-likeness (QED) is 0.534. The Bertz CT molecular complexity index is 750. The number of benzene rings is 2. The summed E-state index contributed by atoms with van der Waals surface area (Å²) in [5.74, 6) is 0.682. The predicted molar refractivity (Wildman–Crippen MR) is 102 cm³/mol. The molecule has 0 bridgehead atoms. The lowest BCUT2D eigenvalue weighted by Crippen LogP contribution is -2.52. The van der Waals surface area contributed by atoms with E-state index < -0.39 is 5.60 Å². The summed E-state index contributed by atoms with van der Waals surface area (Å²) in [7, 11) is 1.67. The van der Waals surface area contributed by atoms with Crippen LogP contribution in [-0.4, -0.2) is 26.2 Å². The minimum absolute atomic E-state index is 0.0472. The molecule has 132 valence electrons. The zero-order chi connectivity index (χ0) is 17.9. The first-order valence-corrected chi connectivity index (χ1v) is 9.46. The molecular formula is C20H22BrNO3. The van der Waals surface area contributed by atoms with E-state index in [-0.39, 0.29) is 5.91 Å². The zero-order valence-electron chi connectivity index (χ0n) is 14.5. The smallest absolute Gasteiger partial charge is 0.275 e. The Labute approximate surface area is 156 Å². The Morgan fingerprint density at radius 1 is 1.20 bits per heavy atom. The molecule has 25 heavy (non-hydrogen) atoms. The van der Waals surface area contributed by atoms with Crippen LogP contribution in [0.5, 0.6) is 5.75 Å². The third-order valence-electron chi connectivity index (χ3n) is 4.49. The Morgan fingerprint density at radius 2 is 1.96 bits per heavy atom. The number of carbonyl (C=O) groups excluding carboxylic acids is 1. The summed E-state index contributed by atoms with van der Waals surface area (Å²) in [4.78, 5) is 15.2. The summed E-state index contributed by atoms with van der Waals surface area (Å²) < 4.78 is 11.4. The highest BCUT2D eigenvalue weighted by molar-refractivity contribution is 9.08. The fourth-order valence-electron chi connectivity index (χ4n) is 3.10. The van der Waals surface area contributed by atoms with Gasteiger partial charge >= 0.3 is 0 Å². The van der Waals surface area contributed by atoms with Gasteiger partial charge in [-0.3, -0.25) is 4.79 Å². The van der Waals surface area contributed by atoms with Gasteiger partial charge < -0.3 is 14.4 Å². The summed E-state index contributed by atoms with van der Waals surface area (Å²) >= 11 is 3.48. The van der Waals surface area contributed by atoms with Crippen LogP contribution in [0.4, 0.5) is 5.69 Å². The molecule has 1 aliphatic heterocycles. The van der Waals surface area contributed by atoms with Crippen LogP contribution >= 0.6 is 15.9 Å². The largest absolute Gasteiger partial charge is 0.471 e. The lowest BCUT2D eigenvalue weighted by molar-refractivity contribution is -0.135. The van der Waals surface area contributed by atoms with Gasteiger partial charge in [0, 0.05) is 31.2 Å². The highest BCUT2D eigenvalue weighted by Gasteiger charge is 2.45. The van der Waals surface area contributed by atoms with Crippen molar-refractivity contribution in [3.63, 3.8) is 0 Å². The number of halogens is 1. The second kappa shape index (κ2) is 7.58. The summed E-state index contributed by atoms with van der Waals surface area (Å²) in [6.45, 7) is 3.05. The van der Waals surface area contributed by atoms with Crippen molar-refractivity contribution < 1.29 is 14.3 Å². The number of hydrogen-bond donors (Lipinski definition) is 0. The third kappa shape index (κ3) is 3.44. The third-order valence-corrected chi connectivity index (χ3v) is 5.14. The number of anilines is 1. The number of alkyl halides is 1. The summed E-state index contributed by atoms with van der Waals surface area (Å²) in [6, 6.07) is 15.6. The predicted octanol–water partition coefficient (Wildman–Crippen LogP) is 4.26. The topological polar surface area (TPSA) is 38.8 Å². The number of carbonyl (C=O) groups is 1. The van der Waals surface area contributed by atoms with E-state index in [9.17, 15) is 4.79 Å². The molecule has 0 saturated heterocycles. The fourth-order valence-corrected chi connectivity index (χ4v) is 3.45. The van der Waals surface area contributed by atoms with Gasteiger partial charge in [0.05, 0.1) is 5.69 Å². The number of rotatable bonds is 6. The molecule has 2 aromatic rings. The van der Waals surface area contributed by atoms with Crippen molar-refractivity contribution in [1.29, 1.82) is 0 Å². The highest BCUT2D eigenvalue weighted by Crippen LogP contribution is 2.42. The summed E-state index contributed by atoms with van der Waals surface area (Å²) in [5.41, 5.74) is 1.76. The molecule has 1 amide bonds. The first kappa shape index (κ1) is 18.0. The molecule has 4 nitrogen and oxygen atoms in total. The molecule has 1 heterocycles. The van der Waals surface area contributed by atoms with E-state index >= 15 is 0 Å². The molecule has 5 heteroatoms. The maximum absolute atomic E-state index is 13.4. The van der Waals surface area contributed by atoms with Crippen molar-refractivity contribution in [2.45, 2.75) is 24.3 Å². The van der Waals surface area contributed by atoms with E-state index in [1.54, 1.807) is 7.11 Å². The molecule has 0 N–H and O–H groups in total. The highest BCUT2D eigenvalue weighted by atomic mass is 79.9. The Hall–Kier alpha value is -1.85. The molecule has 0 spiro atoms. The van der Waals surface area contributed by atoms with Crippen LogP contribution in [0.15, 0.2) is 48.5 Å². The SMILES string of the molecule is COCCCN1C(=O)C(C)(c2ccccc2)Oc2ccc(CBr)cc21. The van der Waals surface area contributed by atoms with E-state index in [4.69, 9.17) is 9.47 Å². The number of amides is 1. The van der Waals surface area contributed by atoms with E-state index in [1.165, 1.54) is 0 Å². The van der Waals surface area contributed by atoms with Gasteiger partial charge in [0.2, 0.25) is 5.60 Å². The average Bonchev–Trinajstić information content (AvgIpc) is 2.65. The number of hydrogen-bond acceptors (Lipinski definition) is 3. The van der Waals surface area contributed by atoms with Crippen LogP contribution < -0.4 is 9.64 Å². The summed E-state index contributed by atoms with van der Waals surface area (Å²) in [6.07, 6.45) is 0.769. The van der Waals surface area contributed by atoms with Crippen LogP contribution in [0.1, 0.15) is 24.5 Å². The van der Waals surface area contributed by atoms with Crippen LogP contribution in [0.3, 0.4) is 0 Å². The normalized spacial score (nSPS) is 19.5. The van der Waals surface area contributed by atoms with Gasteiger partial charge in [-0.25, -0.2) is 0 Å². The Kier molecular flexibility index (Phi) is 5.45. The molecule has 1 unspecified atom stereocenters. The van der Waals surface area contributed by atoms with Crippen molar-refractivity contribution in [2.75, 3.05) is 25.2 Å². The van der Waals surface area contributed by atoms with E-state index in [0.717, 1.165) is 34.3 Å². The van der Waals surface area contributed by atoms with Gasteiger partial charge in [-0.2, -0.15) is 0 Å². The zero-order valence-corrected chi connectivity index (χ0v) is 16.1. The van der Waals surface area contributed by atoms with E-state index in [1.807, 2.05) is 60.4 Å². The molecule has 1 atom stereocenters. The second-order valence-electron chi connectivity index (χ2n) is 6.24. The molecule has 0 aliphatic carbocycles. The molecule has 0 radical (unpaired) electrons. The fraction of sp³-hybridized carbons (Fsp3) is 0.350. The lowest BCUT2D eigenvalue weighted by atomic mass is 9.91. The van der Waals surface area contributed by atoms with Crippen LogP contribution in [0.2, 0.25) is 0 Å². The van der Waals surface area contributed by atoms with Crippen molar-refractivity contribution >= 4 is 27.5 Å². The molecule has 1 aliphatic rings. The number of ether oxygens (including phenoxy) is 2. The molecule has 2 aromatic carbocycles. The van der Waals surface area contributed by atoms with Crippen molar-refractivity contribution in [3.8, 4) is 5.75 Å². The minimum Gasteiger partial charge on any atom is -0.471 e. The van der Waals surface area contributed by atoms with Gasteiger partial charge in [-0.1, -0.05) is 52.3 Å². The maximum Gasteiger partial charge on any atom is 0.275 e. The van der Waals surface area contributed by atoms with Crippen LogP contribution in [0, 0.1) is 0 Å². The minimum atomic E-state index is -1.03. The molecule has 0 saturated carbocycles.